The first kappa shape index (κ1) is 27.9. The maximum absolute atomic E-state index is 14.1. The van der Waals surface area contributed by atoms with E-state index in [1.807, 2.05) is 0 Å². The molecule has 1 aromatic rings. The van der Waals surface area contributed by atoms with Crippen molar-refractivity contribution < 1.29 is 35.2 Å². The fraction of sp³-hybridized carbons (Fsp3) is 0.652. The molecule has 1 aromatic carbocycles. The van der Waals surface area contributed by atoms with Crippen LogP contribution in [0.15, 0.2) is 18.2 Å². The van der Waals surface area contributed by atoms with Crippen molar-refractivity contribution in [3.63, 3.8) is 0 Å². The molecule has 206 valence electrons. The molecule has 3 aliphatic heterocycles. The van der Waals surface area contributed by atoms with Crippen LogP contribution in [0.2, 0.25) is 0 Å². The first-order valence-corrected chi connectivity index (χ1v) is 15.6. The number of likely N-dealkylation sites (tertiary alicyclic amines) is 1. The number of nitrogens with zero attached hydrogens (tertiary/aromatic N) is 3. The number of carbonyl (C=O) groups is 2. The third-order valence-electron chi connectivity index (χ3n) is 7.43. The van der Waals surface area contributed by atoms with Crippen molar-refractivity contribution in [3.05, 3.63) is 35.4 Å². The van der Waals surface area contributed by atoms with E-state index < -0.39 is 60.8 Å². The Morgan fingerprint density at radius 2 is 1.68 bits per heavy atom. The predicted molar refractivity (Wildman–Crippen MR) is 131 cm³/mol. The first-order valence-electron chi connectivity index (χ1n) is 12.3. The van der Waals surface area contributed by atoms with Gasteiger partial charge in [-0.05, 0) is 38.7 Å². The van der Waals surface area contributed by atoms with E-state index in [1.54, 1.807) is 6.92 Å². The van der Waals surface area contributed by atoms with Crippen LogP contribution in [0, 0.1) is 17.6 Å². The molecule has 0 aliphatic carbocycles. The van der Waals surface area contributed by atoms with Gasteiger partial charge in [-0.3, -0.25) is 9.59 Å². The summed E-state index contributed by atoms with van der Waals surface area (Å²) in [6.07, 6.45) is 3.03. The molecule has 0 bridgehead atoms. The summed E-state index contributed by atoms with van der Waals surface area (Å²) in [5.41, 5.74) is 0.128. The smallest absolute Gasteiger partial charge is 0.282 e. The van der Waals surface area contributed by atoms with Crippen molar-refractivity contribution in [2.45, 2.75) is 49.9 Å². The number of piperidine rings is 1. The molecule has 1 unspecified atom stereocenters. The molecule has 3 saturated heterocycles. The number of hydrogen-bond acceptors (Lipinski definition) is 6. The number of amides is 2. The zero-order valence-electron chi connectivity index (χ0n) is 20.8. The van der Waals surface area contributed by atoms with Gasteiger partial charge in [-0.2, -0.15) is 17.0 Å². The minimum Gasteiger partial charge on any atom is -0.348 e. The summed E-state index contributed by atoms with van der Waals surface area (Å²) in [7, 11) is -7.23. The summed E-state index contributed by atoms with van der Waals surface area (Å²) in [6, 6.07) is 1.61. The Hall–Kier alpha value is -2.16. The molecule has 0 aromatic heterocycles. The highest BCUT2D eigenvalue weighted by Gasteiger charge is 2.46. The van der Waals surface area contributed by atoms with Gasteiger partial charge in [-0.1, -0.05) is 6.07 Å². The molecule has 3 fully saturated rings. The van der Waals surface area contributed by atoms with Gasteiger partial charge in [0, 0.05) is 50.6 Å². The number of sulfone groups is 1. The molecule has 2 amide bonds. The molecular weight excluding hydrogens is 530 g/mol. The number of hydrogen-bond donors (Lipinski definition) is 1. The molecule has 0 spiro atoms. The Labute approximate surface area is 216 Å². The van der Waals surface area contributed by atoms with Crippen molar-refractivity contribution >= 4 is 31.9 Å². The van der Waals surface area contributed by atoms with Crippen LogP contribution in [-0.4, -0.2) is 92.4 Å². The number of benzene rings is 1. The second-order valence-corrected chi connectivity index (χ2v) is 14.3. The quantitative estimate of drug-likeness (QED) is 0.525. The van der Waals surface area contributed by atoms with Crippen LogP contribution in [-0.2, 0) is 29.6 Å². The predicted octanol–water partition coefficient (Wildman–Crippen LogP) is 0.819. The maximum Gasteiger partial charge on any atom is 0.282 e. The fourth-order valence-corrected chi connectivity index (χ4v) is 8.04. The third kappa shape index (κ3) is 5.81. The largest absolute Gasteiger partial charge is 0.348 e. The summed E-state index contributed by atoms with van der Waals surface area (Å²) in [4.78, 5) is 27.9. The van der Waals surface area contributed by atoms with Gasteiger partial charge in [-0.15, -0.1) is 0 Å². The SMILES string of the molecule is CC(NC(=O)[C@H]1CCCN1C(=O)[C@H]1CCCN(S(=O)(=O)N2CC(S(C)(=O)=O)C2)C1)c1ccc(F)cc1F. The van der Waals surface area contributed by atoms with Crippen LogP contribution < -0.4 is 5.32 Å². The molecule has 3 aliphatic rings. The van der Waals surface area contributed by atoms with Crippen LogP contribution in [0.1, 0.15) is 44.2 Å². The Morgan fingerprint density at radius 3 is 2.32 bits per heavy atom. The highest BCUT2D eigenvalue weighted by atomic mass is 32.2. The Kier molecular flexibility index (Phi) is 7.94. The zero-order chi connectivity index (χ0) is 27.1. The van der Waals surface area contributed by atoms with Crippen molar-refractivity contribution in [2.75, 3.05) is 39.0 Å². The number of halogens is 2. The van der Waals surface area contributed by atoms with E-state index in [9.17, 15) is 35.2 Å². The van der Waals surface area contributed by atoms with Gasteiger partial charge < -0.3 is 10.2 Å². The molecule has 3 atom stereocenters. The van der Waals surface area contributed by atoms with Crippen LogP contribution >= 0.6 is 0 Å². The normalized spacial score (nSPS) is 25.0. The van der Waals surface area contributed by atoms with Crippen LogP contribution in [0.5, 0.6) is 0 Å². The van der Waals surface area contributed by atoms with E-state index in [-0.39, 0.29) is 37.6 Å². The van der Waals surface area contributed by atoms with E-state index in [0.29, 0.717) is 32.2 Å². The lowest BCUT2D eigenvalue weighted by atomic mass is 9.97. The van der Waals surface area contributed by atoms with Gasteiger partial charge >= 0.3 is 0 Å². The van der Waals surface area contributed by atoms with Crippen molar-refractivity contribution in [1.29, 1.82) is 0 Å². The average Bonchev–Trinajstić information content (AvgIpc) is 3.26. The Balaban J connectivity index is 1.39. The van der Waals surface area contributed by atoms with Gasteiger partial charge in [0.25, 0.3) is 10.2 Å². The topological polar surface area (TPSA) is 124 Å². The molecular formula is C23H32F2N4O6S2. The molecule has 3 heterocycles. The minimum absolute atomic E-state index is 0.0385. The Bertz CT molecular complexity index is 1270. The lowest BCUT2D eigenvalue weighted by molar-refractivity contribution is -0.142. The average molecular weight is 563 g/mol. The molecule has 0 saturated carbocycles. The number of carbonyl (C=O) groups excluding carboxylic acids is 2. The molecule has 10 nitrogen and oxygen atoms in total. The summed E-state index contributed by atoms with van der Waals surface area (Å²) >= 11 is 0. The maximum atomic E-state index is 14.1. The van der Waals surface area contributed by atoms with Gasteiger partial charge in [-0.25, -0.2) is 17.2 Å². The van der Waals surface area contributed by atoms with Crippen molar-refractivity contribution in [3.8, 4) is 0 Å². The van der Waals surface area contributed by atoms with E-state index >= 15 is 0 Å². The third-order valence-corrected chi connectivity index (χ3v) is 10.9. The highest BCUT2D eigenvalue weighted by molar-refractivity contribution is 7.91. The van der Waals surface area contributed by atoms with Crippen LogP contribution in [0.25, 0.3) is 0 Å². The molecule has 1 N–H and O–H groups in total. The van der Waals surface area contributed by atoms with Crippen molar-refractivity contribution in [1.82, 2.24) is 18.8 Å². The van der Waals surface area contributed by atoms with Crippen LogP contribution in [0.3, 0.4) is 0 Å². The fourth-order valence-electron chi connectivity index (χ4n) is 5.15. The molecule has 4 rings (SSSR count). The number of rotatable bonds is 7. The van der Waals surface area contributed by atoms with Gasteiger partial charge in [0.2, 0.25) is 11.8 Å². The van der Waals surface area contributed by atoms with E-state index in [2.05, 4.69) is 5.32 Å². The van der Waals surface area contributed by atoms with E-state index in [1.165, 1.54) is 15.3 Å². The summed E-state index contributed by atoms with van der Waals surface area (Å²) in [6.45, 7) is 1.92. The summed E-state index contributed by atoms with van der Waals surface area (Å²) in [5.74, 6) is -2.89. The summed E-state index contributed by atoms with van der Waals surface area (Å²) < 4.78 is 79.1. The number of nitrogens with one attached hydrogen (secondary N) is 1. The van der Waals surface area contributed by atoms with E-state index in [0.717, 1.165) is 22.7 Å². The summed E-state index contributed by atoms with van der Waals surface area (Å²) in [5, 5.41) is 1.99. The second kappa shape index (κ2) is 10.5. The standard InChI is InChI=1S/C23H32F2N4O6S2/c1-15(19-8-7-17(24)11-20(19)25)26-22(30)21-6-4-10-29(21)23(31)16-5-3-9-27(12-16)37(34,35)28-13-18(14-28)36(2,32)33/h7-8,11,15-16,18,21H,3-6,9-10,12-14H2,1-2H3,(H,26,30)/t15?,16-,21+/m0/s1. The Morgan fingerprint density at radius 1 is 1.00 bits per heavy atom. The molecule has 0 radical (unpaired) electrons. The monoisotopic (exact) mass is 562 g/mol. The van der Waals surface area contributed by atoms with Gasteiger partial charge in [0.05, 0.1) is 17.2 Å². The van der Waals surface area contributed by atoms with Gasteiger partial charge in [0.1, 0.15) is 17.7 Å². The van der Waals surface area contributed by atoms with E-state index in [4.69, 9.17) is 0 Å². The lowest BCUT2D eigenvalue weighted by Gasteiger charge is -2.42. The highest BCUT2D eigenvalue weighted by Crippen LogP contribution is 2.29. The van der Waals surface area contributed by atoms with Crippen LogP contribution in [0.4, 0.5) is 8.78 Å². The first-order chi connectivity index (χ1) is 17.3. The van der Waals surface area contributed by atoms with Crippen molar-refractivity contribution in [2.24, 2.45) is 5.92 Å². The van der Waals surface area contributed by atoms with Gasteiger partial charge in [0.15, 0.2) is 9.84 Å². The molecule has 14 heteroatoms. The second-order valence-electron chi connectivity index (χ2n) is 10.1. The molecule has 37 heavy (non-hydrogen) atoms. The zero-order valence-corrected chi connectivity index (χ0v) is 22.4. The minimum atomic E-state index is -3.90. The lowest BCUT2D eigenvalue weighted by Crippen LogP contribution is -2.61.